The zero-order valence-electron chi connectivity index (χ0n) is 14.0. The maximum Gasteiger partial charge on any atom is 0.271 e. The van der Waals surface area contributed by atoms with Crippen molar-refractivity contribution in [1.82, 2.24) is 15.2 Å². The fraction of sp³-hybridized carbons (Fsp3) is 0.562. The van der Waals surface area contributed by atoms with Gasteiger partial charge in [-0.15, -0.1) is 0 Å². The Morgan fingerprint density at radius 1 is 1.38 bits per heavy atom. The Kier molecular flexibility index (Phi) is 4.31. The second-order valence-corrected chi connectivity index (χ2v) is 6.51. The van der Waals surface area contributed by atoms with Gasteiger partial charge in [0.25, 0.3) is 5.91 Å². The molecule has 1 aromatic heterocycles. The minimum absolute atomic E-state index is 0.0408. The highest BCUT2D eigenvalue weighted by atomic mass is 16.5. The van der Waals surface area contributed by atoms with Gasteiger partial charge in [0.15, 0.2) is 17.2 Å². The summed E-state index contributed by atoms with van der Waals surface area (Å²) in [6, 6.07) is 3.34. The van der Waals surface area contributed by atoms with Crippen molar-refractivity contribution in [3.63, 3.8) is 0 Å². The molecule has 3 rings (SSSR count). The molecule has 1 fully saturated rings. The first-order valence-electron chi connectivity index (χ1n) is 8.14. The van der Waals surface area contributed by atoms with E-state index in [0.717, 1.165) is 13.1 Å². The summed E-state index contributed by atoms with van der Waals surface area (Å²) in [5.74, 6) is 1.01. The molecule has 0 unspecified atom stereocenters. The van der Waals surface area contributed by atoms with Crippen molar-refractivity contribution in [3.05, 3.63) is 12.1 Å². The van der Waals surface area contributed by atoms with Crippen LogP contribution in [-0.4, -0.2) is 60.0 Å². The van der Waals surface area contributed by atoms with Crippen molar-refractivity contribution in [2.24, 2.45) is 0 Å². The molecule has 3 heterocycles. The van der Waals surface area contributed by atoms with E-state index in [1.54, 1.807) is 26.0 Å². The number of ether oxygens (including phenoxy) is 1. The monoisotopic (exact) mass is 333 g/mol. The number of carbonyl (C=O) groups excluding carboxylic acids is 2. The van der Waals surface area contributed by atoms with Gasteiger partial charge in [0.1, 0.15) is 5.82 Å². The summed E-state index contributed by atoms with van der Waals surface area (Å²) >= 11 is 0. The molecule has 0 saturated carbocycles. The summed E-state index contributed by atoms with van der Waals surface area (Å²) in [4.78, 5) is 32.6. The minimum Gasteiger partial charge on any atom is -0.474 e. The van der Waals surface area contributed by atoms with Gasteiger partial charge in [-0.05, 0) is 26.0 Å². The van der Waals surface area contributed by atoms with Crippen molar-refractivity contribution < 1.29 is 14.3 Å². The third-order valence-electron chi connectivity index (χ3n) is 4.26. The molecule has 2 aliphatic rings. The number of carbonyl (C=O) groups is 2. The average molecular weight is 333 g/mol. The van der Waals surface area contributed by atoms with E-state index in [-0.39, 0.29) is 24.8 Å². The molecular formula is C16H23N5O3. The lowest BCUT2D eigenvalue weighted by atomic mass is 10.0. The van der Waals surface area contributed by atoms with E-state index in [9.17, 15) is 9.59 Å². The Morgan fingerprint density at radius 3 is 2.79 bits per heavy atom. The van der Waals surface area contributed by atoms with E-state index in [4.69, 9.17) is 10.5 Å². The number of anilines is 2. The number of fused-ring (bicyclic) bond motifs is 1. The van der Waals surface area contributed by atoms with E-state index in [0.29, 0.717) is 30.5 Å². The number of hydrogen-bond donors (Lipinski definition) is 2. The van der Waals surface area contributed by atoms with E-state index < -0.39 is 5.60 Å². The number of nitrogens with one attached hydrogen (secondary N) is 1. The highest BCUT2D eigenvalue weighted by Gasteiger charge is 2.42. The Balaban J connectivity index is 1.77. The predicted molar refractivity (Wildman–Crippen MR) is 89.8 cm³/mol. The Bertz CT molecular complexity index is 655. The molecule has 0 aliphatic carbocycles. The minimum atomic E-state index is -0.997. The number of nitrogen functional groups attached to an aromatic ring is 1. The van der Waals surface area contributed by atoms with E-state index in [1.165, 1.54) is 4.90 Å². The molecule has 0 spiro atoms. The van der Waals surface area contributed by atoms with Gasteiger partial charge in [0.05, 0.1) is 0 Å². The molecule has 0 aromatic carbocycles. The molecule has 1 aromatic rings. The standard InChI is InChI=1S/C16H23N5O3/c1-16(2)15(23)21(14-11(24-16)3-4-12(17)19-14)8-5-13(22)20-9-6-18-7-10-20/h3-4,18H,5-10H2,1-2H3,(H2,17,19). The van der Waals surface area contributed by atoms with Gasteiger partial charge in [-0.25, -0.2) is 4.98 Å². The van der Waals surface area contributed by atoms with Crippen LogP contribution in [0.25, 0.3) is 0 Å². The normalized spacial score (nSPS) is 19.7. The van der Waals surface area contributed by atoms with Gasteiger partial charge in [-0.3, -0.25) is 14.5 Å². The van der Waals surface area contributed by atoms with Gasteiger partial charge in [0.2, 0.25) is 5.91 Å². The lowest BCUT2D eigenvalue weighted by Gasteiger charge is -2.38. The smallest absolute Gasteiger partial charge is 0.271 e. The van der Waals surface area contributed by atoms with Gasteiger partial charge in [-0.1, -0.05) is 0 Å². The zero-order chi connectivity index (χ0) is 17.3. The van der Waals surface area contributed by atoms with Crippen LogP contribution >= 0.6 is 0 Å². The lowest BCUT2D eigenvalue weighted by Crippen LogP contribution is -2.54. The molecule has 2 amide bonds. The molecule has 130 valence electrons. The number of amides is 2. The van der Waals surface area contributed by atoms with Crippen molar-refractivity contribution in [3.8, 4) is 5.75 Å². The lowest BCUT2D eigenvalue weighted by molar-refractivity contribution is -0.133. The van der Waals surface area contributed by atoms with Crippen molar-refractivity contribution in [1.29, 1.82) is 0 Å². The molecule has 1 saturated heterocycles. The fourth-order valence-corrected chi connectivity index (χ4v) is 2.95. The first kappa shape index (κ1) is 16.5. The fourth-order valence-electron chi connectivity index (χ4n) is 2.95. The summed E-state index contributed by atoms with van der Waals surface area (Å²) < 4.78 is 5.73. The Hall–Kier alpha value is -2.35. The van der Waals surface area contributed by atoms with Crippen LogP contribution in [0.1, 0.15) is 20.3 Å². The van der Waals surface area contributed by atoms with E-state index >= 15 is 0 Å². The average Bonchev–Trinajstić information content (AvgIpc) is 2.56. The van der Waals surface area contributed by atoms with Crippen LogP contribution in [0.5, 0.6) is 5.75 Å². The number of aromatic nitrogens is 1. The second-order valence-electron chi connectivity index (χ2n) is 6.51. The molecule has 0 bridgehead atoms. The van der Waals surface area contributed by atoms with Crippen LogP contribution < -0.4 is 20.7 Å². The van der Waals surface area contributed by atoms with E-state index in [1.807, 2.05) is 4.90 Å². The highest BCUT2D eigenvalue weighted by Crippen LogP contribution is 2.36. The topological polar surface area (TPSA) is 101 Å². The number of rotatable bonds is 3. The summed E-state index contributed by atoms with van der Waals surface area (Å²) in [6.07, 6.45) is 0.248. The highest BCUT2D eigenvalue weighted by molar-refractivity contribution is 6.02. The SMILES string of the molecule is CC1(C)Oc2ccc(N)nc2N(CCC(=O)N2CCNCC2)C1=O. The van der Waals surface area contributed by atoms with Crippen molar-refractivity contribution in [2.45, 2.75) is 25.9 Å². The summed E-state index contributed by atoms with van der Waals surface area (Å²) in [5.41, 5.74) is 4.75. The molecule has 2 aliphatic heterocycles. The maximum atomic E-state index is 12.7. The Morgan fingerprint density at radius 2 is 2.08 bits per heavy atom. The van der Waals surface area contributed by atoms with Crippen LogP contribution in [0.4, 0.5) is 11.6 Å². The van der Waals surface area contributed by atoms with Gasteiger partial charge >= 0.3 is 0 Å². The molecule has 0 radical (unpaired) electrons. The second kappa shape index (κ2) is 6.27. The number of nitrogens with two attached hydrogens (primary N) is 1. The van der Waals surface area contributed by atoms with Crippen molar-refractivity contribution in [2.75, 3.05) is 43.4 Å². The number of hydrogen-bond acceptors (Lipinski definition) is 6. The molecule has 0 atom stereocenters. The molecule has 3 N–H and O–H groups in total. The van der Waals surface area contributed by atoms with Crippen molar-refractivity contribution >= 4 is 23.5 Å². The number of pyridine rings is 1. The number of nitrogens with zero attached hydrogens (tertiary/aromatic N) is 3. The summed E-state index contributed by atoms with van der Waals surface area (Å²) in [6.45, 7) is 6.68. The van der Waals surface area contributed by atoms with Crippen LogP contribution in [0.2, 0.25) is 0 Å². The van der Waals surface area contributed by atoms with Gasteiger partial charge < -0.3 is 20.7 Å². The summed E-state index contributed by atoms with van der Waals surface area (Å²) in [5, 5.41) is 3.21. The third-order valence-corrected chi connectivity index (χ3v) is 4.26. The molecule has 24 heavy (non-hydrogen) atoms. The maximum absolute atomic E-state index is 12.7. The first-order valence-corrected chi connectivity index (χ1v) is 8.14. The Labute approximate surface area is 140 Å². The van der Waals surface area contributed by atoms with Gasteiger partial charge in [0, 0.05) is 39.1 Å². The van der Waals surface area contributed by atoms with Crippen LogP contribution in [-0.2, 0) is 9.59 Å². The third kappa shape index (κ3) is 3.14. The quantitative estimate of drug-likeness (QED) is 0.807. The van der Waals surface area contributed by atoms with Crippen LogP contribution in [0.3, 0.4) is 0 Å². The zero-order valence-corrected chi connectivity index (χ0v) is 14.0. The van der Waals surface area contributed by atoms with Gasteiger partial charge in [-0.2, -0.15) is 0 Å². The molecular weight excluding hydrogens is 310 g/mol. The number of piperazine rings is 1. The van der Waals surface area contributed by atoms with Crippen LogP contribution in [0.15, 0.2) is 12.1 Å². The van der Waals surface area contributed by atoms with Crippen LogP contribution in [0, 0.1) is 0 Å². The molecule has 8 nitrogen and oxygen atoms in total. The summed E-state index contributed by atoms with van der Waals surface area (Å²) in [7, 11) is 0. The van der Waals surface area contributed by atoms with E-state index in [2.05, 4.69) is 10.3 Å². The first-order chi connectivity index (χ1) is 11.4. The largest absolute Gasteiger partial charge is 0.474 e. The predicted octanol–water partition coefficient (Wildman–Crippen LogP) is -0.0103. The molecule has 8 heteroatoms.